The van der Waals surface area contributed by atoms with Gasteiger partial charge in [-0.05, 0) is 116 Å². The molecule has 0 aliphatic rings. The Morgan fingerprint density at radius 1 is 0.372 bits per heavy atom. The third kappa shape index (κ3) is 56.1. The fraction of sp³-hybridized carbons (Fsp3) is 0.591. The minimum absolute atomic E-state index is 0.0433. The number of hydrogen-bond donors (Lipinski definition) is 2. The minimum atomic E-state index is -4.80. The van der Waals surface area contributed by atoms with Crippen LogP contribution in [0.25, 0.3) is 0 Å². The van der Waals surface area contributed by atoms with E-state index in [4.69, 9.17) is 23.3 Å². The molecule has 0 saturated heterocycles. The lowest BCUT2D eigenvalue weighted by Crippen LogP contribution is -2.30. The van der Waals surface area contributed by atoms with Crippen molar-refractivity contribution < 1.29 is 52.2 Å². The van der Waals surface area contributed by atoms with E-state index < -0.39 is 64.4 Å². The second kappa shape index (κ2) is 58.5. The maximum atomic E-state index is 12.9. The average molecular weight is 1110 g/mol. The van der Waals surface area contributed by atoms with Crippen LogP contribution in [0.15, 0.2) is 146 Å². The highest BCUT2D eigenvalue weighted by atomic mass is 31.2. The van der Waals surface area contributed by atoms with Crippen LogP contribution in [0.4, 0.5) is 0 Å². The molecule has 12 heteroatoms. The lowest BCUT2D eigenvalue weighted by atomic mass is 10.1. The van der Waals surface area contributed by atoms with Crippen LogP contribution in [-0.4, -0.2) is 66.5 Å². The van der Waals surface area contributed by atoms with Crippen molar-refractivity contribution in [2.45, 2.75) is 226 Å². The standard InChI is InChI=1S/C66H105O11P/c1-4-7-10-13-16-19-22-25-27-29-31-33-35-38-40-43-46-49-52-55-64(68)73-59-63(77-66(70)57-54-51-48-45-42-39-36-34-32-30-28-26-23-20-17-14-11-8-5-2)61-75-78(71,72)74-60-62(58-67)76-65(69)56-53-50-47-44-41-37-24-21-18-15-12-9-6-3/h7,9-10,12,16-21,25-28,31,33,37-38,40-41,46-47,49-50,62-63,67H,4-6,8,11,13-15,22-24,29-30,32,34-36,39,42-45,48,51-61H2,1-3H3,(H,71,72)/b10-7-,12-9-,19-16-,20-17-,21-18-,27-25-,28-26-,33-31-,40-38-,41-37-,49-46-,50-47-. The number of ether oxygens (including phenoxy) is 3. The first-order valence-corrected chi connectivity index (χ1v) is 31.2. The monoisotopic (exact) mass is 1100 g/mol. The highest BCUT2D eigenvalue weighted by Gasteiger charge is 2.28. The van der Waals surface area contributed by atoms with E-state index in [0.29, 0.717) is 19.3 Å². The predicted molar refractivity (Wildman–Crippen MR) is 325 cm³/mol. The molecular weight excluding hydrogens is 1000 g/mol. The number of phosphoric ester groups is 1. The summed E-state index contributed by atoms with van der Waals surface area (Å²) in [6, 6.07) is 0. The number of rotatable bonds is 53. The molecule has 78 heavy (non-hydrogen) atoms. The molecule has 0 aromatic heterocycles. The van der Waals surface area contributed by atoms with Crippen molar-refractivity contribution >= 4 is 25.7 Å². The van der Waals surface area contributed by atoms with Gasteiger partial charge >= 0.3 is 25.7 Å². The fourth-order valence-electron chi connectivity index (χ4n) is 7.31. The highest BCUT2D eigenvalue weighted by molar-refractivity contribution is 7.47. The summed E-state index contributed by atoms with van der Waals surface area (Å²) >= 11 is 0. The zero-order chi connectivity index (χ0) is 56.9. The van der Waals surface area contributed by atoms with Gasteiger partial charge in [-0.1, -0.05) is 224 Å². The summed E-state index contributed by atoms with van der Waals surface area (Å²) in [6.45, 7) is 4.20. The van der Waals surface area contributed by atoms with Gasteiger partial charge in [0.25, 0.3) is 0 Å². The number of unbranched alkanes of at least 4 members (excludes halogenated alkanes) is 12. The van der Waals surface area contributed by atoms with Gasteiger partial charge in [0.1, 0.15) is 12.7 Å². The van der Waals surface area contributed by atoms with Gasteiger partial charge in [0.15, 0.2) is 6.10 Å². The largest absolute Gasteiger partial charge is 0.472 e. The molecule has 0 radical (unpaired) electrons. The number of carbonyl (C=O) groups is 3. The fourth-order valence-corrected chi connectivity index (χ4v) is 8.09. The third-order valence-corrected chi connectivity index (χ3v) is 12.7. The number of hydrogen-bond acceptors (Lipinski definition) is 10. The second-order valence-electron chi connectivity index (χ2n) is 19.0. The Morgan fingerprint density at radius 3 is 1.10 bits per heavy atom. The van der Waals surface area contributed by atoms with Crippen LogP contribution in [0.1, 0.15) is 213 Å². The summed E-state index contributed by atoms with van der Waals surface area (Å²) in [5, 5.41) is 9.80. The number of esters is 3. The van der Waals surface area contributed by atoms with Crippen molar-refractivity contribution in [3.8, 4) is 0 Å². The van der Waals surface area contributed by atoms with Gasteiger partial charge < -0.3 is 24.2 Å². The van der Waals surface area contributed by atoms with Crippen LogP contribution < -0.4 is 0 Å². The van der Waals surface area contributed by atoms with Crippen LogP contribution in [0, 0.1) is 0 Å². The third-order valence-electron chi connectivity index (χ3n) is 11.8. The first-order chi connectivity index (χ1) is 38.2. The molecule has 0 amide bonds. The molecule has 0 aliphatic carbocycles. The number of aliphatic hydroxyl groups is 1. The summed E-state index contributed by atoms with van der Waals surface area (Å²) in [6.07, 6.45) is 75.5. The molecule has 0 heterocycles. The Labute approximate surface area is 473 Å². The number of aliphatic hydroxyl groups excluding tert-OH is 1. The molecule has 0 bridgehead atoms. The molecule has 0 spiro atoms. The zero-order valence-electron chi connectivity index (χ0n) is 48.6. The van der Waals surface area contributed by atoms with Crippen molar-refractivity contribution in [1.29, 1.82) is 0 Å². The Balaban J connectivity index is 4.91. The molecule has 0 rings (SSSR count). The molecule has 0 fully saturated rings. The van der Waals surface area contributed by atoms with Crippen LogP contribution >= 0.6 is 7.82 Å². The normalized spacial score (nSPS) is 14.4. The molecule has 11 nitrogen and oxygen atoms in total. The Kier molecular flexibility index (Phi) is 55.0. The van der Waals surface area contributed by atoms with Crippen molar-refractivity contribution in [3.05, 3.63) is 146 Å². The van der Waals surface area contributed by atoms with Gasteiger partial charge in [-0.15, -0.1) is 0 Å². The smallest absolute Gasteiger partial charge is 0.462 e. The van der Waals surface area contributed by atoms with E-state index in [1.165, 1.54) is 51.4 Å². The van der Waals surface area contributed by atoms with Crippen molar-refractivity contribution in [2.75, 3.05) is 26.4 Å². The van der Waals surface area contributed by atoms with Crippen molar-refractivity contribution in [2.24, 2.45) is 0 Å². The summed E-state index contributed by atoms with van der Waals surface area (Å²) in [5.74, 6) is -1.67. The van der Waals surface area contributed by atoms with E-state index in [-0.39, 0.29) is 19.3 Å². The second-order valence-corrected chi connectivity index (χ2v) is 20.5. The molecule has 3 atom stereocenters. The van der Waals surface area contributed by atoms with Gasteiger partial charge in [-0.3, -0.25) is 23.4 Å². The van der Waals surface area contributed by atoms with Gasteiger partial charge in [0.05, 0.1) is 19.8 Å². The van der Waals surface area contributed by atoms with Gasteiger partial charge in [-0.2, -0.15) is 0 Å². The Bertz CT molecular complexity index is 1860. The summed E-state index contributed by atoms with van der Waals surface area (Å²) in [7, 11) is -4.80. The molecule has 440 valence electrons. The first kappa shape index (κ1) is 73.4. The molecule has 0 aromatic rings. The van der Waals surface area contributed by atoms with Crippen molar-refractivity contribution in [1.82, 2.24) is 0 Å². The Morgan fingerprint density at radius 2 is 0.692 bits per heavy atom. The first-order valence-electron chi connectivity index (χ1n) is 29.7. The average Bonchev–Trinajstić information content (AvgIpc) is 3.43. The molecule has 2 N–H and O–H groups in total. The van der Waals surface area contributed by atoms with Crippen molar-refractivity contribution in [3.63, 3.8) is 0 Å². The maximum absolute atomic E-state index is 12.9. The van der Waals surface area contributed by atoms with Gasteiger partial charge in [0.2, 0.25) is 0 Å². The van der Waals surface area contributed by atoms with Crippen LogP contribution in [0.5, 0.6) is 0 Å². The SMILES string of the molecule is CC/C=C\C/C=C\C/C=C\C/C=C\C/C=C\C/C=C\CCC(=O)OCC(COP(=O)(O)OCC(CO)OC(=O)CC/C=C\C/C=C\C/C=C\C/C=C\CC)OC(=O)CCCCCCCCCCC/C=C\C/C=C\CCCCC. The van der Waals surface area contributed by atoms with Crippen LogP contribution in [0.3, 0.4) is 0 Å². The molecule has 0 aliphatic heterocycles. The van der Waals surface area contributed by atoms with Gasteiger partial charge in [0, 0.05) is 19.3 Å². The van der Waals surface area contributed by atoms with E-state index in [1.54, 1.807) is 0 Å². The van der Waals surface area contributed by atoms with Crippen LogP contribution in [0.2, 0.25) is 0 Å². The van der Waals surface area contributed by atoms with Crippen LogP contribution in [-0.2, 0) is 42.2 Å². The van der Waals surface area contributed by atoms with E-state index in [2.05, 4.69) is 136 Å². The predicted octanol–water partition coefficient (Wildman–Crippen LogP) is 17.9. The molecule has 0 aromatic carbocycles. The molecule has 0 saturated carbocycles. The number of carbonyl (C=O) groups excluding carboxylic acids is 3. The summed E-state index contributed by atoms with van der Waals surface area (Å²) in [4.78, 5) is 48.5. The Hall–Kier alpha value is -4.64. The maximum Gasteiger partial charge on any atom is 0.472 e. The van der Waals surface area contributed by atoms with E-state index in [1.807, 2.05) is 30.4 Å². The topological polar surface area (TPSA) is 155 Å². The van der Waals surface area contributed by atoms with E-state index in [0.717, 1.165) is 103 Å². The summed E-state index contributed by atoms with van der Waals surface area (Å²) in [5.41, 5.74) is 0. The number of phosphoric acid groups is 1. The quantitative estimate of drug-likeness (QED) is 0.0197. The molecular formula is C66H105O11P. The van der Waals surface area contributed by atoms with E-state index >= 15 is 0 Å². The molecule has 3 unspecified atom stereocenters. The van der Waals surface area contributed by atoms with E-state index in [9.17, 15) is 28.9 Å². The minimum Gasteiger partial charge on any atom is -0.462 e. The number of allylic oxidation sites excluding steroid dienone is 24. The van der Waals surface area contributed by atoms with Gasteiger partial charge in [-0.25, -0.2) is 4.57 Å². The summed E-state index contributed by atoms with van der Waals surface area (Å²) < 4.78 is 39.4. The lowest BCUT2D eigenvalue weighted by molar-refractivity contribution is -0.161. The highest BCUT2D eigenvalue weighted by Crippen LogP contribution is 2.43. The lowest BCUT2D eigenvalue weighted by Gasteiger charge is -2.21. The zero-order valence-corrected chi connectivity index (χ0v) is 49.5.